The smallest absolute Gasteiger partial charge is 0.339 e. The molecular formula is C21H20N2O4. The molecule has 4 rings (SSSR count). The minimum atomic E-state index is -0.905. The molecular weight excluding hydrogens is 344 g/mol. The van der Waals surface area contributed by atoms with Gasteiger partial charge in [0.1, 0.15) is 5.76 Å². The van der Waals surface area contributed by atoms with E-state index in [1.807, 2.05) is 18.2 Å². The van der Waals surface area contributed by atoms with Gasteiger partial charge in [0, 0.05) is 6.07 Å². The molecule has 1 aliphatic carbocycles. The highest BCUT2D eigenvalue weighted by Gasteiger charge is 2.25. The summed E-state index contributed by atoms with van der Waals surface area (Å²) in [5.41, 5.74) is 2.99. The maximum atomic E-state index is 12.8. The van der Waals surface area contributed by atoms with E-state index in [4.69, 9.17) is 9.26 Å². The van der Waals surface area contributed by atoms with Crippen molar-refractivity contribution < 1.29 is 18.8 Å². The summed E-state index contributed by atoms with van der Waals surface area (Å²) in [6.45, 7) is 3.52. The van der Waals surface area contributed by atoms with Gasteiger partial charge in [0.2, 0.25) is 0 Å². The number of carbonyl (C=O) groups is 2. The van der Waals surface area contributed by atoms with Crippen LogP contribution < -0.4 is 5.32 Å². The van der Waals surface area contributed by atoms with Crippen molar-refractivity contribution in [2.75, 3.05) is 5.32 Å². The number of esters is 1. The van der Waals surface area contributed by atoms with Crippen molar-refractivity contribution >= 4 is 28.5 Å². The van der Waals surface area contributed by atoms with E-state index < -0.39 is 18.0 Å². The molecule has 6 nitrogen and oxygen atoms in total. The molecule has 1 aliphatic rings. The zero-order chi connectivity index (χ0) is 19.0. The number of hydrogen-bond donors (Lipinski definition) is 1. The Kier molecular flexibility index (Phi) is 4.39. The number of benzene rings is 2. The summed E-state index contributed by atoms with van der Waals surface area (Å²) in [5, 5.41) is 8.37. The molecule has 0 saturated carbocycles. The van der Waals surface area contributed by atoms with Gasteiger partial charge < -0.3 is 14.6 Å². The van der Waals surface area contributed by atoms with Gasteiger partial charge in [-0.05, 0) is 54.2 Å². The predicted octanol–water partition coefficient (Wildman–Crippen LogP) is 3.81. The molecule has 0 aliphatic heterocycles. The Morgan fingerprint density at radius 2 is 2.00 bits per heavy atom. The third-order valence-electron chi connectivity index (χ3n) is 4.89. The summed E-state index contributed by atoms with van der Waals surface area (Å²) < 4.78 is 10.5. The lowest BCUT2D eigenvalue weighted by Gasteiger charge is -2.16. The van der Waals surface area contributed by atoms with Crippen molar-refractivity contribution in [3.05, 3.63) is 58.8 Å². The second kappa shape index (κ2) is 6.87. The van der Waals surface area contributed by atoms with E-state index in [9.17, 15) is 9.59 Å². The van der Waals surface area contributed by atoms with Crippen LogP contribution in [0.2, 0.25) is 0 Å². The van der Waals surface area contributed by atoms with E-state index in [0.717, 1.165) is 23.6 Å². The predicted molar refractivity (Wildman–Crippen MR) is 101 cm³/mol. The van der Waals surface area contributed by atoms with Crippen LogP contribution in [-0.2, 0) is 22.4 Å². The molecule has 0 fully saturated rings. The van der Waals surface area contributed by atoms with E-state index in [-0.39, 0.29) is 0 Å². The van der Waals surface area contributed by atoms with Crippen LogP contribution in [0.1, 0.15) is 40.6 Å². The standard InChI is InChI=1S/C21H20N2O4/c1-3-17(20(24)22-18-11-12(2)27-23-18)26-21(25)16-10-9-14-8-7-13-5-4-6-15(16)19(13)14/h4-6,9-11,17H,3,7-8H2,1-2H3,(H,22,23,24)/t17-/m0/s1. The largest absolute Gasteiger partial charge is 0.449 e. The highest BCUT2D eigenvalue weighted by molar-refractivity contribution is 6.08. The molecule has 1 heterocycles. The lowest BCUT2D eigenvalue weighted by Crippen LogP contribution is -2.32. The average molecular weight is 364 g/mol. The van der Waals surface area contributed by atoms with Crippen molar-refractivity contribution in [2.24, 2.45) is 0 Å². The highest BCUT2D eigenvalue weighted by atomic mass is 16.5. The Hall–Kier alpha value is -3.15. The number of carbonyl (C=O) groups excluding carboxylic acids is 2. The van der Waals surface area contributed by atoms with E-state index in [1.165, 1.54) is 11.1 Å². The van der Waals surface area contributed by atoms with Crippen molar-refractivity contribution in [3.63, 3.8) is 0 Å². The lowest BCUT2D eigenvalue weighted by molar-refractivity contribution is -0.124. The number of amides is 1. The Morgan fingerprint density at radius 1 is 1.22 bits per heavy atom. The fourth-order valence-electron chi connectivity index (χ4n) is 3.57. The first-order valence-corrected chi connectivity index (χ1v) is 9.05. The number of nitrogens with zero attached hydrogens (tertiary/aromatic N) is 1. The first-order valence-electron chi connectivity index (χ1n) is 9.05. The summed E-state index contributed by atoms with van der Waals surface area (Å²) in [6.07, 6.45) is 1.43. The maximum absolute atomic E-state index is 12.8. The van der Waals surface area contributed by atoms with Gasteiger partial charge in [-0.2, -0.15) is 0 Å². The van der Waals surface area contributed by atoms with E-state index >= 15 is 0 Å². The van der Waals surface area contributed by atoms with Gasteiger partial charge in [-0.1, -0.05) is 36.3 Å². The maximum Gasteiger partial charge on any atom is 0.339 e. The summed E-state index contributed by atoms with van der Waals surface area (Å²) in [7, 11) is 0. The van der Waals surface area contributed by atoms with Crippen LogP contribution >= 0.6 is 0 Å². The zero-order valence-corrected chi connectivity index (χ0v) is 15.2. The minimum Gasteiger partial charge on any atom is -0.449 e. The van der Waals surface area contributed by atoms with Crippen LogP contribution in [0.15, 0.2) is 40.9 Å². The normalized spacial score (nSPS) is 13.6. The first kappa shape index (κ1) is 17.3. The van der Waals surface area contributed by atoms with Crippen molar-refractivity contribution in [3.8, 4) is 0 Å². The number of hydrogen-bond acceptors (Lipinski definition) is 5. The molecule has 6 heteroatoms. The molecule has 0 bridgehead atoms. The third-order valence-corrected chi connectivity index (χ3v) is 4.89. The Morgan fingerprint density at radius 3 is 2.70 bits per heavy atom. The molecule has 1 N–H and O–H groups in total. The van der Waals surface area contributed by atoms with Crippen LogP contribution in [0.3, 0.4) is 0 Å². The number of nitrogens with one attached hydrogen (secondary N) is 1. The van der Waals surface area contributed by atoms with Crippen LogP contribution in [0.25, 0.3) is 10.8 Å². The number of anilines is 1. The zero-order valence-electron chi connectivity index (χ0n) is 15.2. The molecule has 1 aromatic heterocycles. The van der Waals surface area contributed by atoms with E-state index in [0.29, 0.717) is 23.6 Å². The lowest BCUT2D eigenvalue weighted by atomic mass is 10.00. The van der Waals surface area contributed by atoms with Crippen LogP contribution in [-0.4, -0.2) is 23.1 Å². The van der Waals surface area contributed by atoms with Gasteiger partial charge in [0.15, 0.2) is 11.9 Å². The quantitative estimate of drug-likeness (QED) is 0.696. The van der Waals surface area contributed by atoms with Crippen LogP contribution in [0.5, 0.6) is 0 Å². The van der Waals surface area contributed by atoms with Crippen LogP contribution in [0.4, 0.5) is 5.82 Å². The molecule has 0 spiro atoms. The van der Waals surface area contributed by atoms with Crippen molar-refractivity contribution in [1.29, 1.82) is 0 Å². The molecule has 2 aromatic carbocycles. The molecule has 1 atom stereocenters. The van der Waals surface area contributed by atoms with Gasteiger partial charge in [-0.15, -0.1) is 0 Å². The SMILES string of the molecule is CC[C@H](OC(=O)c1ccc2c3c(cccc13)CC2)C(=O)Nc1cc(C)on1. The summed E-state index contributed by atoms with van der Waals surface area (Å²) in [4.78, 5) is 25.2. The molecule has 138 valence electrons. The second-order valence-corrected chi connectivity index (χ2v) is 6.73. The second-order valence-electron chi connectivity index (χ2n) is 6.73. The van der Waals surface area contributed by atoms with E-state index in [1.54, 1.807) is 26.0 Å². The fraction of sp³-hybridized carbons (Fsp3) is 0.286. The van der Waals surface area contributed by atoms with Gasteiger partial charge >= 0.3 is 5.97 Å². The fourth-order valence-corrected chi connectivity index (χ4v) is 3.57. The Bertz CT molecular complexity index is 1030. The van der Waals surface area contributed by atoms with Gasteiger partial charge in [0.05, 0.1) is 5.56 Å². The summed E-state index contributed by atoms with van der Waals surface area (Å²) >= 11 is 0. The topological polar surface area (TPSA) is 81.4 Å². The number of aryl methyl sites for hydroxylation is 3. The molecule has 1 amide bonds. The number of aromatic nitrogens is 1. The Labute approximate surface area is 156 Å². The molecule has 0 saturated heterocycles. The molecule has 27 heavy (non-hydrogen) atoms. The van der Waals surface area contributed by atoms with Gasteiger partial charge in [-0.3, -0.25) is 4.79 Å². The highest BCUT2D eigenvalue weighted by Crippen LogP contribution is 2.33. The van der Waals surface area contributed by atoms with Gasteiger partial charge in [0.25, 0.3) is 5.91 Å². The monoisotopic (exact) mass is 364 g/mol. The summed E-state index contributed by atoms with van der Waals surface area (Å²) in [5.74, 6) is -0.0328. The third kappa shape index (κ3) is 3.18. The first-order chi connectivity index (χ1) is 13.1. The molecule has 0 radical (unpaired) electrons. The minimum absolute atomic E-state index is 0.303. The van der Waals surface area contributed by atoms with Crippen LogP contribution in [0, 0.1) is 6.92 Å². The van der Waals surface area contributed by atoms with Crippen molar-refractivity contribution in [1.82, 2.24) is 5.16 Å². The number of rotatable bonds is 5. The van der Waals surface area contributed by atoms with E-state index in [2.05, 4.69) is 16.5 Å². The molecule has 0 unspecified atom stereocenters. The van der Waals surface area contributed by atoms with Crippen molar-refractivity contribution in [2.45, 2.75) is 39.2 Å². The average Bonchev–Trinajstić information content (AvgIpc) is 3.27. The summed E-state index contributed by atoms with van der Waals surface area (Å²) in [6, 6.07) is 11.4. The Balaban J connectivity index is 1.56. The molecule has 3 aromatic rings. The van der Waals surface area contributed by atoms with Gasteiger partial charge in [-0.25, -0.2) is 4.79 Å². The number of ether oxygens (including phenoxy) is 1.